The van der Waals surface area contributed by atoms with Crippen LogP contribution in [0.2, 0.25) is 0 Å². The quantitative estimate of drug-likeness (QED) is 0.170. The van der Waals surface area contributed by atoms with Crippen molar-refractivity contribution in [3.8, 4) is 34.0 Å². The number of unbranched alkanes of at least 4 members (excludes halogenated alkanes) is 1. The molecule has 3 aromatic carbocycles. The molecule has 45 heavy (non-hydrogen) atoms. The number of aromatic amines is 1. The fraction of sp³-hybridized carbons (Fsp3) is 0.212. The summed E-state index contributed by atoms with van der Waals surface area (Å²) < 4.78 is 11.8. The lowest BCUT2D eigenvalue weighted by Crippen LogP contribution is -2.30. The molecule has 0 saturated heterocycles. The van der Waals surface area contributed by atoms with E-state index < -0.39 is 5.76 Å². The van der Waals surface area contributed by atoms with Crippen molar-refractivity contribution in [2.45, 2.75) is 46.1 Å². The Labute approximate surface area is 275 Å². The molecule has 0 fully saturated rings. The monoisotopic (exact) mass is 690 g/mol. The zero-order chi connectivity index (χ0) is 29.8. The third kappa shape index (κ3) is 7.38. The Morgan fingerprint density at radius 3 is 2.22 bits per heavy atom. The predicted molar refractivity (Wildman–Crippen MR) is 179 cm³/mol. The molecule has 232 valence electrons. The third-order valence-corrected chi connectivity index (χ3v) is 7.36. The molecule has 0 aliphatic rings. The Hall–Kier alpha value is -4.61. The topological polar surface area (TPSA) is 133 Å². The molecule has 0 spiro atoms. The van der Waals surface area contributed by atoms with Crippen LogP contribution in [0, 0.1) is 6.92 Å². The van der Waals surface area contributed by atoms with Crippen LogP contribution < -0.4 is 11.3 Å². The first kappa shape index (κ1) is 33.3. The maximum Gasteiger partial charge on any atom is 0.439 e. The Morgan fingerprint density at radius 1 is 0.822 bits per heavy atom. The van der Waals surface area contributed by atoms with Crippen molar-refractivity contribution >= 4 is 29.4 Å². The van der Waals surface area contributed by atoms with Crippen LogP contribution in [-0.2, 0) is 19.4 Å². The molecular weight excluding hydrogens is 660 g/mol. The smallest absolute Gasteiger partial charge is 0.334 e. The number of rotatable bonds is 10. The molecule has 3 heterocycles. The molecule has 0 bridgehead atoms. The number of aryl methyl sites for hydroxylation is 2. The molecule has 0 radical (unpaired) electrons. The van der Waals surface area contributed by atoms with Crippen molar-refractivity contribution in [1.82, 2.24) is 29.8 Å². The van der Waals surface area contributed by atoms with Gasteiger partial charge in [-0.15, -0.1) is 29.4 Å². The van der Waals surface area contributed by atoms with Gasteiger partial charge in [0.2, 0.25) is 0 Å². The van der Waals surface area contributed by atoms with Gasteiger partial charge in [-0.05, 0) is 48.6 Å². The van der Waals surface area contributed by atoms with E-state index >= 15 is 0 Å². The summed E-state index contributed by atoms with van der Waals surface area (Å²) in [6, 6.07) is 25.2. The molecule has 0 aliphatic heterocycles. The third-order valence-electron chi connectivity index (χ3n) is 7.36. The largest absolute Gasteiger partial charge is 0.439 e. The number of benzene rings is 3. The van der Waals surface area contributed by atoms with Crippen molar-refractivity contribution in [3.05, 3.63) is 128 Å². The lowest BCUT2D eigenvalue weighted by molar-refractivity contribution is 0.388. The Balaban J connectivity index is 0.00000230. The van der Waals surface area contributed by atoms with Crippen LogP contribution in [-0.4, -0.2) is 29.8 Å². The maximum atomic E-state index is 13.9. The van der Waals surface area contributed by atoms with Gasteiger partial charge in [-0.1, -0.05) is 90.4 Å². The second-order valence-corrected chi connectivity index (χ2v) is 10.3. The molecule has 1 N–H and O–H groups in total. The van der Waals surface area contributed by atoms with E-state index in [0.29, 0.717) is 35.3 Å². The predicted octanol–water partition coefficient (Wildman–Crippen LogP) is 6.59. The summed E-state index contributed by atoms with van der Waals surface area (Å²) in [7, 11) is 0. The first-order chi connectivity index (χ1) is 21.0. The summed E-state index contributed by atoms with van der Waals surface area (Å²) >= 11 is 0. The molecule has 0 aliphatic carbocycles. The lowest BCUT2D eigenvalue weighted by Gasteiger charge is -2.15. The summed E-state index contributed by atoms with van der Waals surface area (Å²) in [4.78, 5) is 37.5. The van der Waals surface area contributed by atoms with Gasteiger partial charge in [0, 0.05) is 23.1 Å². The average Bonchev–Trinajstić information content (AvgIpc) is 3.70. The van der Waals surface area contributed by atoms with Crippen LogP contribution in [0.15, 0.2) is 97.5 Å². The normalized spacial score (nSPS) is 10.7. The SMILES string of the molecule is Br.CCCCc1nc(C)n(Cc2noc(-c3ccccc3)n2)c(=O)c1Cc1ccc(-c2ccccc2-c2noc(=O)[nH]2)cc1.Cl. The van der Waals surface area contributed by atoms with E-state index in [2.05, 4.69) is 27.2 Å². The van der Waals surface area contributed by atoms with Crippen LogP contribution in [0.25, 0.3) is 34.0 Å². The molecule has 12 heteroatoms. The first-order valence-electron chi connectivity index (χ1n) is 14.2. The van der Waals surface area contributed by atoms with E-state index in [4.69, 9.17) is 14.0 Å². The van der Waals surface area contributed by atoms with E-state index in [1.54, 1.807) is 4.57 Å². The molecule has 0 amide bonds. The van der Waals surface area contributed by atoms with Gasteiger partial charge in [0.15, 0.2) is 11.6 Å². The summed E-state index contributed by atoms with van der Waals surface area (Å²) in [6.07, 6.45) is 3.10. The minimum absolute atomic E-state index is 0. The molecule has 6 rings (SSSR count). The molecule has 0 atom stereocenters. The van der Waals surface area contributed by atoms with Crippen molar-refractivity contribution in [2.75, 3.05) is 0 Å². The second kappa shape index (κ2) is 14.9. The fourth-order valence-electron chi connectivity index (χ4n) is 5.12. The molecular formula is C33H32BrClN6O4. The highest BCUT2D eigenvalue weighted by atomic mass is 79.9. The molecule has 6 aromatic rings. The Bertz CT molecular complexity index is 1980. The molecule has 0 saturated carbocycles. The van der Waals surface area contributed by atoms with E-state index in [-0.39, 0.29) is 41.5 Å². The average molecular weight is 692 g/mol. The number of hydrogen-bond acceptors (Lipinski definition) is 8. The number of nitrogens with one attached hydrogen (secondary N) is 1. The molecule has 3 aromatic heterocycles. The number of halogens is 2. The number of aromatic nitrogens is 6. The second-order valence-electron chi connectivity index (χ2n) is 10.3. The first-order valence-corrected chi connectivity index (χ1v) is 14.2. The highest BCUT2D eigenvalue weighted by Gasteiger charge is 2.18. The summed E-state index contributed by atoms with van der Waals surface area (Å²) in [5, 5.41) is 7.97. The van der Waals surface area contributed by atoms with Crippen LogP contribution in [0.4, 0.5) is 0 Å². The van der Waals surface area contributed by atoms with E-state index in [9.17, 15) is 9.59 Å². The van der Waals surface area contributed by atoms with Gasteiger partial charge in [0.1, 0.15) is 5.82 Å². The van der Waals surface area contributed by atoms with Crippen molar-refractivity contribution in [2.24, 2.45) is 0 Å². The van der Waals surface area contributed by atoms with E-state index in [0.717, 1.165) is 52.8 Å². The van der Waals surface area contributed by atoms with Gasteiger partial charge in [0.05, 0.1) is 12.2 Å². The van der Waals surface area contributed by atoms with Gasteiger partial charge >= 0.3 is 5.76 Å². The van der Waals surface area contributed by atoms with Gasteiger partial charge in [-0.2, -0.15) is 4.98 Å². The van der Waals surface area contributed by atoms with Crippen LogP contribution >= 0.6 is 29.4 Å². The number of hydrogen-bond donors (Lipinski definition) is 1. The van der Waals surface area contributed by atoms with Crippen LogP contribution in [0.3, 0.4) is 0 Å². The lowest BCUT2D eigenvalue weighted by atomic mass is 9.96. The van der Waals surface area contributed by atoms with Gasteiger partial charge in [-0.25, -0.2) is 9.78 Å². The van der Waals surface area contributed by atoms with Crippen LogP contribution in [0.5, 0.6) is 0 Å². The minimum atomic E-state index is -0.604. The minimum Gasteiger partial charge on any atom is -0.334 e. The standard InChI is InChI=1S/C33H30N6O4.BrH.ClH/c1-3-4-14-28-27(32(40)39(21(2)34-28)20-29-35-31(42-37-29)24-10-6-5-7-11-24)19-22-15-17-23(18-16-22)25-12-8-9-13-26(25)30-36-33(41)43-38-30;;/h5-13,15-18H,3-4,14,19-20H2,1-2H3,(H,36,38,41);2*1H. The maximum absolute atomic E-state index is 13.9. The van der Waals surface area contributed by atoms with Crippen LogP contribution in [0.1, 0.15) is 48.2 Å². The zero-order valence-corrected chi connectivity index (χ0v) is 27.3. The fourth-order valence-corrected chi connectivity index (χ4v) is 5.12. The van der Waals surface area contributed by atoms with E-state index in [1.807, 2.05) is 85.8 Å². The zero-order valence-electron chi connectivity index (χ0n) is 24.7. The molecule has 10 nitrogen and oxygen atoms in total. The summed E-state index contributed by atoms with van der Waals surface area (Å²) in [6.45, 7) is 4.13. The summed E-state index contributed by atoms with van der Waals surface area (Å²) in [5.41, 5.74) is 5.78. The Kier molecular flexibility index (Phi) is 11.0. The number of H-pyrrole nitrogens is 1. The highest BCUT2D eigenvalue weighted by Crippen LogP contribution is 2.30. The molecule has 0 unspecified atom stereocenters. The summed E-state index contributed by atoms with van der Waals surface area (Å²) in [5.74, 6) is 1.20. The van der Waals surface area contributed by atoms with Crippen molar-refractivity contribution < 1.29 is 9.05 Å². The van der Waals surface area contributed by atoms with E-state index in [1.165, 1.54) is 0 Å². The Morgan fingerprint density at radius 2 is 1.53 bits per heavy atom. The van der Waals surface area contributed by atoms with Crippen molar-refractivity contribution in [1.29, 1.82) is 0 Å². The number of nitrogens with zero attached hydrogens (tertiary/aromatic N) is 5. The highest BCUT2D eigenvalue weighted by molar-refractivity contribution is 8.93. The van der Waals surface area contributed by atoms with Gasteiger partial charge in [-0.3, -0.25) is 18.9 Å². The van der Waals surface area contributed by atoms with Gasteiger partial charge in [0.25, 0.3) is 11.4 Å². The van der Waals surface area contributed by atoms with Gasteiger partial charge < -0.3 is 4.52 Å². The van der Waals surface area contributed by atoms with Crippen molar-refractivity contribution in [3.63, 3.8) is 0 Å².